The lowest BCUT2D eigenvalue weighted by Crippen LogP contribution is -2.09. The summed E-state index contributed by atoms with van der Waals surface area (Å²) in [4.78, 5) is 3.59. The van der Waals surface area contributed by atoms with Crippen LogP contribution in [-0.2, 0) is 6.18 Å². The number of pyridine rings is 1. The molecule has 2 aromatic rings. The average molecular weight is 357 g/mol. The predicted octanol–water partition coefficient (Wildman–Crippen LogP) is 5.14. The zero-order chi connectivity index (χ0) is 15.8. The summed E-state index contributed by atoms with van der Waals surface area (Å²) >= 11 is 17.4. The maximum Gasteiger partial charge on any atom is 0.417 e. The fourth-order valence-electron chi connectivity index (χ4n) is 1.68. The molecule has 0 amide bonds. The van der Waals surface area contributed by atoms with E-state index in [-0.39, 0.29) is 21.3 Å². The van der Waals surface area contributed by atoms with Gasteiger partial charge in [-0.1, -0.05) is 40.9 Å². The van der Waals surface area contributed by atoms with Crippen LogP contribution in [0.4, 0.5) is 13.2 Å². The Labute approximate surface area is 133 Å². The Balaban J connectivity index is 2.42. The summed E-state index contributed by atoms with van der Waals surface area (Å²) in [6.07, 6.45) is -5.31. The van der Waals surface area contributed by atoms with Gasteiger partial charge in [-0.3, -0.25) is 4.98 Å². The van der Waals surface area contributed by atoms with Crippen molar-refractivity contribution in [2.45, 2.75) is 12.3 Å². The summed E-state index contributed by atoms with van der Waals surface area (Å²) in [6, 6.07) is 5.05. The number of aliphatic hydroxyl groups is 1. The highest BCUT2D eigenvalue weighted by atomic mass is 35.5. The Kier molecular flexibility index (Phi) is 4.68. The molecule has 0 saturated heterocycles. The molecule has 0 aliphatic heterocycles. The van der Waals surface area contributed by atoms with Crippen molar-refractivity contribution in [2.24, 2.45) is 0 Å². The highest BCUT2D eigenvalue weighted by Crippen LogP contribution is 2.35. The van der Waals surface area contributed by atoms with Gasteiger partial charge in [-0.25, -0.2) is 0 Å². The van der Waals surface area contributed by atoms with Crippen molar-refractivity contribution in [1.29, 1.82) is 0 Å². The van der Waals surface area contributed by atoms with Crippen molar-refractivity contribution in [2.75, 3.05) is 0 Å². The Morgan fingerprint density at radius 2 is 1.71 bits per heavy atom. The van der Waals surface area contributed by atoms with Gasteiger partial charge in [0.25, 0.3) is 0 Å². The molecule has 2 rings (SSSR count). The highest BCUT2D eigenvalue weighted by molar-refractivity contribution is 6.35. The van der Waals surface area contributed by atoms with E-state index in [1.165, 1.54) is 18.2 Å². The first-order valence-electron chi connectivity index (χ1n) is 5.56. The molecule has 0 aliphatic carbocycles. The van der Waals surface area contributed by atoms with E-state index in [0.29, 0.717) is 17.3 Å². The number of aromatic nitrogens is 1. The van der Waals surface area contributed by atoms with Crippen LogP contribution in [0.3, 0.4) is 0 Å². The van der Waals surface area contributed by atoms with Crippen molar-refractivity contribution in [1.82, 2.24) is 4.98 Å². The molecule has 21 heavy (non-hydrogen) atoms. The third kappa shape index (κ3) is 3.61. The quantitative estimate of drug-likeness (QED) is 0.808. The fraction of sp³-hybridized carbons (Fsp3) is 0.154. The molecule has 0 spiro atoms. The number of halogens is 6. The first-order chi connectivity index (χ1) is 9.70. The first kappa shape index (κ1) is 16.4. The molecule has 8 heteroatoms. The molecule has 1 aromatic carbocycles. The van der Waals surface area contributed by atoms with Crippen LogP contribution in [-0.4, -0.2) is 10.1 Å². The molecule has 1 heterocycles. The number of hydrogen-bond donors (Lipinski definition) is 1. The third-order valence-electron chi connectivity index (χ3n) is 2.71. The van der Waals surface area contributed by atoms with Crippen LogP contribution < -0.4 is 0 Å². The minimum atomic E-state index is -4.56. The predicted molar refractivity (Wildman–Crippen MR) is 74.8 cm³/mol. The van der Waals surface area contributed by atoms with E-state index in [1.54, 1.807) is 0 Å². The van der Waals surface area contributed by atoms with Crippen LogP contribution in [0.5, 0.6) is 0 Å². The van der Waals surface area contributed by atoms with E-state index in [2.05, 4.69) is 4.98 Å². The maximum atomic E-state index is 12.5. The summed E-state index contributed by atoms with van der Waals surface area (Å²) < 4.78 is 37.6. The third-order valence-corrected chi connectivity index (χ3v) is 3.58. The molecular weight excluding hydrogens is 350 g/mol. The lowest BCUT2D eigenvalue weighted by atomic mass is 10.1. The van der Waals surface area contributed by atoms with E-state index in [4.69, 9.17) is 34.8 Å². The molecule has 0 fully saturated rings. The summed E-state index contributed by atoms with van der Waals surface area (Å²) in [5.74, 6) is 0. The molecule has 1 N–H and O–H groups in total. The summed E-state index contributed by atoms with van der Waals surface area (Å²) in [5, 5.41) is 10.4. The number of benzene rings is 1. The van der Waals surface area contributed by atoms with Crippen molar-refractivity contribution in [3.05, 3.63) is 62.4 Å². The molecule has 2 nitrogen and oxygen atoms in total. The van der Waals surface area contributed by atoms with Gasteiger partial charge in [0.2, 0.25) is 0 Å². The lowest BCUT2D eigenvalue weighted by molar-refractivity contribution is -0.137. The largest absolute Gasteiger partial charge is 0.417 e. The number of alkyl halides is 3. The van der Waals surface area contributed by atoms with E-state index < -0.39 is 17.8 Å². The monoisotopic (exact) mass is 355 g/mol. The summed E-state index contributed by atoms with van der Waals surface area (Å²) in [7, 11) is 0. The summed E-state index contributed by atoms with van der Waals surface area (Å²) in [5.41, 5.74) is -0.866. The molecule has 0 unspecified atom stereocenters. The standard InChI is InChI=1S/C13H7Cl3F3NO/c14-7-1-2-8(9(15)4-7)12(21)11-10(16)3-6(5-20-11)13(17,18)19/h1-5,12,21H/t12-/m1/s1. The fourth-order valence-corrected chi connectivity index (χ4v) is 2.46. The Morgan fingerprint density at radius 1 is 1.05 bits per heavy atom. The maximum absolute atomic E-state index is 12.5. The minimum absolute atomic E-state index is 0.117. The molecule has 1 aromatic heterocycles. The van der Waals surface area contributed by atoms with Gasteiger partial charge in [-0.2, -0.15) is 13.2 Å². The molecule has 0 radical (unpaired) electrons. The van der Waals surface area contributed by atoms with Gasteiger partial charge in [0.15, 0.2) is 0 Å². The van der Waals surface area contributed by atoms with Crippen molar-refractivity contribution >= 4 is 34.8 Å². The molecule has 0 aliphatic rings. The smallest absolute Gasteiger partial charge is 0.382 e. The lowest BCUT2D eigenvalue weighted by Gasteiger charge is -2.15. The van der Waals surface area contributed by atoms with Crippen LogP contribution in [0.15, 0.2) is 30.5 Å². The van der Waals surface area contributed by atoms with Crippen molar-refractivity contribution < 1.29 is 18.3 Å². The number of rotatable bonds is 2. The molecule has 0 saturated carbocycles. The molecule has 0 bridgehead atoms. The van der Waals surface area contributed by atoms with Crippen LogP contribution in [0.1, 0.15) is 22.9 Å². The summed E-state index contributed by atoms with van der Waals surface area (Å²) in [6.45, 7) is 0. The Bertz CT molecular complexity index is 676. The minimum Gasteiger partial charge on any atom is -0.382 e. The van der Waals surface area contributed by atoms with Crippen LogP contribution in [0.25, 0.3) is 0 Å². The first-order valence-corrected chi connectivity index (χ1v) is 6.69. The van der Waals surface area contributed by atoms with Gasteiger partial charge in [-0.15, -0.1) is 0 Å². The molecule has 112 valence electrons. The Hall–Kier alpha value is -1.01. The number of hydrogen-bond acceptors (Lipinski definition) is 2. The Morgan fingerprint density at radius 3 is 2.24 bits per heavy atom. The van der Waals surface area contributed by atoms with Crippen LogP contribution in [0, 0.1) is 0 Å². The SMILES string of the molecule is O[C@H](c1ccc(Cl)cc1Cl)c1ncc(C(F)(F)F)cc1Cl. The topological polar surface area (TPSA) is 33.1 Å². The second-order valence-corrected chi connectivity index (χ2v) is 5.41. The van der Waals surface area contributed by atoms with Gasteiger partial charge < -0.3 is 5.11 Å². The second kappa shape index (κ2) is 6.01. The van der Waals surface area contributed by atoms with Gasteiger partial charge in [0, 0.05) is 21.8 Å². The second-order valence-electron chi connectivity index (χ2n) is 4.16. The average Bonchev–Trinajstić information content (AvgIpc) is 2.36. The van der Waals surface area contributed by atoms with Crippen molar-refractivity contribution in [3.63, 3.8) is 0 Å². The van der Waals surface area contributed by atoms with E-state index in [1.807, 2.05) is 0 Å². The van der Waals surface area contributed by atoms with E-state index in [0.717, 1.165) is 0 Å². The van der Waals surface area contributed by atoms with Gasteiger partial charge in [0.05, 0.1) is 16.3 Å². The highest BCUT2D eigenvalue weighted by Gasteiger charge is 2.32. The number of nitrogens with zero attached hydrogens (tertiary/aromatic N) is 1. The zero-order valence-corrected chi connectivity index (χ0v) is 12.4. The van der Waals surface area contributed by atoms with Gasteiger partial charge >= 0.3 is 6.18 Å². The molecule has 1 atom stereocenters. The van der Waals surface area contributed by atoms with Crippen LogP contribution >= 0.6 is 34.8 Å². The normalized spacial score (nSPS) is 13.3. The van der Waals surface area contributed by atoms with Gasteiger partial charge in [0.1, 0.15) is 6.10 Å². The van der Waals surface area contributed by atoms with Crippen LogP contribution in [0.2, 0.25) is 15.1 Å². The zero-order valence-electron chi connectivity index (χ0n) is 10.1. The van der Waals surface area contributed by atoms with Gasteiger partial charge in [-0.05, 0) is 18.2 Å². The molecular formula is C13H7Cl3F3NO. The van der Waals surface area contributed by atoms with Crippen molar-refractivity contribution in [3.8, 4) is 0 Å². The van der Waals surface area contributed by atoms with E-state index >= 15 is 0 Å². The number of aliphatic hydroxyl groups excluding tert-OH is 1. The van der Waals surface area contributed by atoms with E-state index in [9.17, 15) is 18.3 Å².